The van der Waals surface area contributed by atoms with E-state index in [1.165, 1.54) is 0 Å². The van der Waals surface area contributed by atoms with Crippen LogP contribution in [0.3, 0.4) is 0 Å². The van der Waals surface area contributed by atoms with E-state index in [-0.39, 0.29) is 6.04 Å². The Bertz CT molecular complexity index is 564. The normalized spacial score (nSPS) is 12.9. The molecule has 0 saturated carbocycles. The molecular formula is C13H17BrClN3S. The second-order valence-electron chi connectivity index (χ2n) is 4.37. The van der Waals surface area contributed by atoms with Crippen LogP contribution in [0.25, 0.3) is 0 Å². The van der Waals surface area contributed by atoms with E-state index in [1.807, 2.05) is 4.68 Å². The third-order valence-corrected chi connectivity index (χ3v) is 5.08. The molecule has 1 unspecified atom stereocenters. The molecule has 2 aromatic heterocycles. The maximum absolute atomic E-state index is 6.40. The summed E-state index contributed by atoms with van der Waals surface area (Å²) in [7, 11) is 0. The van der Waals surface area contributed by atoms with Crippen molar-refractivity contribution < 1.29 is 0 Å². The van der Waals surface area contributed by atoms with Crippen molar-refractivity contribution in [2.45, 2.75) is 39.3 Å². The average molecular weight is 363 g/mol. The Hall–Kier alpha value is -0.360. The predicted molar refractivity (Wildman–Crippen MR) is 84.9 cm³/mol. The molecule has 0 aliphatic heterocycles. The predicted octanol–water partition coefficient (Wildman–Crippen LogP) is 4.19. The average Bonchev–Trinajstić information content (AvgIpc) is 2.95. The first-order valence-electron chi connectivity index (χ1n) is 6.30. The Labute approximate surface area is 130 Å². The lowest BCUT2D eigenvalue weighted by Gasteiger charge is -2.11. The smallest absolute Gasteiger partial charge is 0.0850 e. The van der Waals surface area contributed by atoms with Crippen LogP contribution in [0.4, 0.5) is 0 Å². The van der Waals surface area contributed by atoms with Crippen molar-refractivity contribution in [1.82, 2.24) is 9.78 Å². The highest BCUT2D eigenvalue weighted by Crippen LogP contribution is 2.29. The van der Waals surface area contributed by atoms with Crippen LogP contribution in [-0.2, 0) is 19.4 Å². The maximum Gasteiger partial charge on any atom is 0.0850 e. The zero-order chi connectivity index (χ0) is 14.0. The zero-order valence-electron chi connectivity index (χ0n) is 11.0. The second-order valence-corrected chi connectivity index (χ2v) is 7.04. The van der Waals surface area contributed by atoms with Crippen molar-refractivity contribution in [1.29, 1.82) is 0 Å². The number of thiophene rings is 1. The summed E-state index contributed by atoms with van der Waals surface area (Å²) in [5, 5.41) is 7.37. The van der Waals surface area contributed by atoms with E-state index < -0.39 is 0 Å². The summed E-state index contributed by atoms with van der Waals surface area (Å²) in [5.74, 6) is 0. The summed E-state index contributed by atoms with van der Waals surface area (Å²) in [6, 6.07) is 2.02. The first-order chi connectivity index (χ1) is 9.06. The fourth-order valence-corrected chi connectivity index (χ4v) is 3.64. The van der Waals surface area contributed by atoms with Crippen LogP contribution in [0.5, 0.6) is 0 Å². The van der Waals surface area contributed by atoms with Crippen LogP contribution < -0.4 is 5.73 Å². The van der Waals surface area contributed by atoms with Crippen molar-refractivity contribution in [2.75, 3.05) is 0 Å². The van der Waals surface area contributed by atoms with Crippen LogP contribution in [-0.4, -0.2) is 9.78 Å². The Morgan fingerprint density at radius 3 is 2.79 bits per heavy atom. The largest absolute Gasteiger partial charge is 0.324 e. The number of nitrogens with two attached hydrogens (primary N) is 1. The molecule has 0 aliphatic carbocycles. The summed E-state index contributed by atoms with van der Waals surface area (Å²) in [6.07, 6.45) is 1.56. The van der Waals surface area contributed by atoms with E-state index in [1.54, 1.807) is 11.3 Å². The third kappa shape index (κ3) is 3.21. The number of aryl methyl sites for hydroxylation is 2. The SMILES string of the molecule is CCc1nn(CC)c(CC(N)c2csc(Br)c2)c1Cl. The van der Waals surface area contributed by atoms with Crippen LogP contribution >= 0.6 is 38.9 Å². The van der Waals surface area contributed by atoms with Gasteiger partial charge in [0.25, 0.3) is 0 Å². The van der Waals surface area contributed by atoms with Crippen molar-refractivity contribution in [3.63, 3.8) is 0 Å². The number of hydrogen-bond donors (Lipinski definition) is 1. The van der Waals surface area contributed by atoms with Crippen LogP contribution in [0.1, 0.15) is 36.8 Å². The van der Waals surface area contributed by atoms with E-state index in [0.717, 1.165) is 38.7 Å². The van der Waals surface area contributed by atoms with Gasteiger partial charge in [-0.25, -0.2) is 0 Å². The van der Waals surface area contributed by atoms with E-state index in [0.29, 0.717) is 6.42 Å². The standard InChI is InChI=1S/C13H17BrClN3S/c1-3-10-13(15)11(18(4-2)17-10)6-9(16)8-5-12(14)19-7-8/h5,7,9H,3-4,6,16H2,1-2H3. The summed E-state index contributed by atoms with van der Waals surface area (Å²) in [6.45, 7) is 4.95. The molecule has 0 saturated heterocycles. The van der Waals surface area contributed by atoms with Gasteiger partial charge in [0, 0.05) is 19.0 Å². The van der Waals surface area contributed by atoms with Crippen LogP contribution in [0.2, 0.25) is 5.02 Å². The molecule has 2 heterocycles. The van der Waals surface area contributed by atoms with Crippen molar-refractivity contribution in [3.8, 4) is 0 Å². The molecule has 2 rings (SSSR count). The molecule has 0 fully saturated rings. The highest BCUT2D eigenvalue weighted by molar-refractivity contribution is 9.11. The fraction of sp³-hybridized carbons (Fsp3) is 0.462. The second kappa shape index (κ2) is 6.39. The first kappa shape index (κ1) is 15.0. The number of halogens is 2. The lowest BCUT2D eigenvalue weighted by Crippen LogP contribution is -2.15. The summed E-state index contributed by atoms with van der Waals surface area (Å²) in [5.41, 5.74) is 9.40. The van der Waals surface area contributed by atoms with E-state index in [2.05, 4.69) is 46.3 Å². The monoisotopic (exact) mass is 361 g/mol. The number of hydrogen-bond acceptors (Lipinski definition) is 3. The van der Waals surface area contributed by atoms with Gasteiger partial charge < -0.3 is 5.73 Å². The number of nitrogens with zero attached hydrogens (tertiary/aromatic N) is 2. The Kier molecular flexibility index (Phi) is 5.06. The molecular weight excluding hydrogens is 346 g/mol. The molecule has 0 bridgehead atoms. The molecule has 1 atom stereocenters. The summed E-state index contributed by atoms with van der Waals surface area (Å²) < 4.78 is 3.06. The van der Waals surface area contributed by atoms with Gasteiger partial charge in [0.15, 0.2) is 0 Å². The minimum atomic E-state index is -0.0493. The minimum absolute atomic E-state index is 0.0493. The van der Waals surface area contributed by atoms with Gasteiger partial charge >= 0.3 is 0 Å². The lowest BCUT2D eigenvalue weighted by molar-refractivity contribution is 0.586. The zero-order valence-corrected chi connectivity index (χ0v) is 14.1. The van der Waals surface area contributed by atoms with Crippen molar-refractivity contribution in [2.24, 2.45) is 5.73 Å². The van der Waals surface area contributed by atoms with E-state index in [4.69, 9.17) is 17.3 Å². The Morgan fingerprint density at radius 1 is 1.53 bits per heavy atom. The molecule has 0 aromatic carbocycles. The molecule has 6 heteroatoms. The Balaban J connectivity index is 2.25. The van der Waals surface area contributed by atoms with Crippen molar-refractivity contribution in [3.05, 3.63) is 37.2 Å². The summed E-state index contributed by atoms with van der Waals surface area (Å²) >= 11 is 11.5. The topological polar surface area (TPSA) is 43.8 Å². The molecule has 3 nitrogen and oxygen atoms in total. The van der Waals surface area contributed by atoms with E-state index in [9.17, 15) is 0 Å². The highest BCUT2D eigenvalue weighted by Gasteiger charge is 2.18. The molecule has 0 aliphatic rings. The lowest BCUT2D eigenvalue weighted by atomic mass is 10.1. The number of rotatable bonds is 5. The molecule has 0 spiro atoms. The van der Waals surface area contributed by atoms with Crippen LogP contribution in [0.15, 0.2) is 15.2 Å². The highest BCUT2D eigenvalue weighted by atomic mass is 79.9. The van der Waals surface area contributed by atoms with Gasteiger partial charge in [0.05, 0.1) is 20.2 Å². The fourth-order valence-electron chi connectivity index (χ4n) is 2.06. The van der Waals surface area contributed by atoms with E-state index >= 15 is 0 Å². The quantitative estimate of drug-likeness (QED) is 0.867. The van der Waals surface area contributed by atoms with Gasteiger partial charge in [0.1, 0.15) is 0 Å². The first-order valence-corrected chi connectivity index (χ1v) is 8.35. The van der Waals surface area contributed by atoms with Crippen LogP contribution in [0, 0.1) is 0 Å². The van der Waals surface area contributed by atoms with Gasteiger partial charge in [-0.2, -0.15) is 5.10 Å². The van der Waals surface area contributed by atoms with Gasteiger partial charge in [-0.05, 0) is 46.3 Å². The molecule has 2 aromatic rings. The Morgan fingerprint density at radius 2 is 2.26 bits per heavy atom. The minimum Gasteiger partial charge on any atom is -0.324 e. The molecule has 104 valence electrons. The number of aromatic nitrogens is 2. The van der Waals surface area contributed by atoms with Gasteiger partial charge in [-0.1, -0.05) is 18.5 Å². The van der Waals surface area contributed by atoms with Gasteiger partial charge in [-0.15, -0.1) is 11.3 Å². The molecule has 19 heavy (non-hydrogen) atoms. The summed E-state index contributed by atoms with van der Waals surface area (Å²) in [4.78, 5) is 0. The molecule has 0 amide bonds. The van der Waals surface area contributed by atoms with Gasteiger partial charge in [0.2, 0.25) is 0 Å². The molecule has 0 radical (unpaired) electrons. The van der Waals surface area contributed by atoms with Crippen molar-refractivity contribution >= 4 is 38.9 Å². The maximum atomic E-state index is 6.40. The molecule has 2 N–H and O–H groups in total. The third-order valence-electron chi connectivity index (χ3n) is 3.12. The van der Waals surface area contributed by atoms with Gasteiger partial charge in [-0.3, -0.25) is 4.68 Å².